The normalized spacial score (nSPS) is 30.7. The Kier molecular flexibility index (Phi) is 3.03. The number of aryl methyl sites for hydroxylation is 1. The van der Waals surface area contributed by atoms with Crippen LogP contribution in [-0.2, 0) is 11.3 Å². The molecule has 2 saturated heterocycles. The lowest BCUT2D eigenvalue weighted by Gasteiger charge is -2.37. The van der Waals surface area contributed by atoms with Gasteiger partial charge in [-0.1, -0.05) is 5.21 Å². The second-order valence-corrected chi connectivity index (χ2v) is 5.33. The van der Waals surface area contributed by atoms with Crippen molar-refractivity contribution in [1.29, 1.82) is 0 Å². The number of nitrogens with two attached hydrogens (primary N) is 1. The van der Waals surface area contributed by atoms with E-state index in [0.717, 1.165) is 25.7 Å². The number of rotatable bonds is 3. The summed E-state index contributed by atoms with van der Waals surface area (Å²) in [5.74, 6) is 0.241. The van der Waals surface area contributed by atoms with Crippen molar-refractivity contribution >= 4 is 5.91 Å². The van der Waals surface area contributed by atoms with E-state index in [2.05, 4.69) is 15.2 Å². The van der Waals surface area contributed by atoms with Crippen LogP contribution in [0.1, 0.15) is 32.1 Å². The number of hydrogen-bond acceptors (Lipinski definition) is 4. The van der Waals surface area contributed by atoms with Gasteiger partial charge in [0.1, 0.15) is 0 Å². The third-order valence-corrected chi connectivity index (χ3v) is 4.08. The maximum absolute atomic E-state index is 12.3. The molecule has 18 heavy (non-hydrogen) atoms. The first-order valence-electron chi connectivity index (χ1n) is 6.65. The van der Waals surface area contributed by atoms with Crippen LogP contribution in [0.4, 0.5) is 0 Å². The van der Waals surface area contributed by atoms with Gasteiger partial charge in [-0.2, -0.15) is 0 Å². The minimum Gasteiger partial charge on any atom is -0.337 e. The van der Waals surface area contributed by atoms with Crippen molar-refractivity contribution in [2.24, 2.45) is 5.73 Å². The van der Waals surface area contributed by atoms with Gasteiger partial charge in [-0.05, 0) is 25.7 Å². The molecule has 6 heteroatoms. The molecular weight excluding hydrogens is 230 g/mol. The second kappa shape index (κ2) is 4.68. The molecule has 1 aromatic rings. The zero-order valence-corrected chi connectivity index (χ0v) is 10.4. The van der Waals surface area contributed by atoms with Crippen LogP contribution >= 0.6 is 0 Å². The van der Waals surface area contributed by atoms with E-state index in [1.807, 2.05) is 0 Å². The largest absolute Gasteiger partial charge is 0.337 e. The highest BCUT2D eigenvalue weighted by Crippen LogP contribution is 2.35. The molecule has 1 aromatic heterocycles. The van der Waals surface area contributed by atoms with Gasteiger partial charge in [-0.25, -0.2) is 0 Å². The van der Waals surface area contributed by atoms with E-state index >= 15 is 0 Å². The minimum absolute atomic E-state index is 0.241. The molecular formula is C12H19N5O. The standard InChI is InChI=1S/C12H19N5O/c13-9-7-10-1-2-11(8-9)17(10)12(18)3-5-16-6-4-14-15-16/h4,6,9-11H,1-3,5,7-8,13H2. The van der Waals surface area contributed by atoms with Gasteiger partial charge in [0.05, 0.1) is 12.7 Å². The van der Waals surface area contributed by atoms with Crippen LogP contribution in [0.15, 0.2) is 12.4 Å². The van der Waals surface area contributed by atoms with Gasteiger partial charge in [-0.3, -0.25) is 9.48 Å². The SMILES string of the molecule is NC1CC2CCC(C1)N2C(=O)CCn1ccnn1. The molecule has 6 nitrogen and oxygen atoms in total. The topological polar surface area (TPSA) is 77.0 Å². The van der Waals surface area contributed by atoms with Crippen LogP contribution in [0.3, 0.4) is 0 Å². The van der Waals surface area contributed by atoms with Gasteiger partial charge in [0.15, 0.2) is 0 Å². The van der Waals surface area contributed by atoms with Crippen molar-refractivity contribution < 1.29 is 4.79 Å². The zero-order chi connectivity index (χ0) is 12.5. The van der Waals surface area contributed by atoms with E-state index in [-0.39, 0.29) is 11.9 Å². The van der Waals surface area contributed by atoms with Crippen molar-refractivity contribution in [3.63, 3.8) is 0 Å². The van der Waals surface area contributed by atoms with Crippen molar-refractivity contribution in [3.05, 3.63) is 12.4 Å². The summed E-state index contributed by atoms with van der Waals surface area (Å²) in [5, 5.41) is 7.61. The average Bonchev–Trinajstić information content (AvgIpc) is 2.94. The first-order chi connectivity index (χ1) is 8.74. The highest BCUT2D eigenvalue weighted by molar-refractivity contribution is 5.77. The van der Waals surface area contributed by atoms with E-state index in [4.69, 9.17) is 5.73 Å². The molecule has 2 aliphatic rings. The molecule has 98 valence electrons. The molecule has 0 aliphatic carbocycles. The Bertz CT molecular complexity index is 404. The zero-order valence-electron chi connectivity index (χ0n) is 10.4. The fourth-order valence-electron chi connectivity index (χ4n) is 3.32. The second-order valence-electron chi connectivity index (χ2n) is 5.33. The van der Waals surface area contributed by atoms with E-state index in [9.17, 15) is 4.79 Å². The highest BCUT2D eigenvalue weighted by Gasteiger charge is 2.41. The number of aromatic nitrogens is 3. The predicted octanol–water partition coefficient (Wildman–Crippen LogP) is 0.149. The van der Waals surface area contributed by atoms with E-state index in [0.29, 0.717) is 25.0 Å². The van der Waals surface area contributed by atoms with Crippen molar-refractivity contribution in [2.75, 3.05) is 0 Å². The number of piperidine rings is 1. The number of carbonyl (C=O) groups excluding carboxylic acids is 1. The molecule has 0 saturated carbocycles. The molecule has 2 N–H and O–H groups in total. The first kappa shape index (κ1) is 11.6. The van der Waals surface area contributed by atoms with E-state index < -0.39 is 0 Å². The van der Waals surface area contributed by atoms with Crippen LogP contribution in [0, 0.1) is 0 Å². The fraction of sp³-hybridized carbons (Fsp3) is 0.750. The summed E-state index contributed by atoms with van der Waals surface area (Å²) >= 11 is 0. The molecule has 1 amide bonds. The Morgan fingerprint density at radius 3 is 2.67 bits per heavy atom. The molecule has 3 rings (SSSR count). The summed E-state index contributed by atoms with van der Waals surface area (Å²) in [7, 11) is 0. The maximum atomic E-state index is 12.3. The van der Waals surface area contributed by atoms with Crippen molar-refractivity contribution in [3.8, 4) is 0 Å². The Balaban J connectivity index is 1.60. The average molecular weight is 249 g/mol. The van der Waals surface area contributed by atoms with E-state index in [1.54, 1.807) is 17.1 Å². The number of amides is 1. The van der Waals surface area contributed by atoms with Crippen molar-refractivity contribution in [2.45, 2.75) is 56.8 Å². The number of carbonyl (C=O) groups is 1. The lowest BCUT2D eigenvalue weighted by atomic mass is 9.98. The summed E-state index contributed by atoms with van der Waals surface area (Å²) in [6.45, 7) is 0.612. The minimum atomic E-state index is 0.241. The molecule has 3 heterocycles. The smallest absolute Gasteiger partial charge is 0.224 e. The summed E-state index contributed by atoms with van der Waals surface area (Å²) < 4.78 is 1.70. The third kappa shape index (κ3) is 2.12. The molecule has 0 aromatic carbocycles. The number of hydrogen-bond donors (Lipinski definition) is 1. The van der Waals surface area contributed by atoms with Gasteiger partial charge in [0, 0.05) is 30.7 Å². The quantitative estimate of drug-likeness (QED) is 0.827. The summed E-state index contributed by atoms with van der Waals surface area (Å²) in [6.07, 6.45) is 8.09. The van der Waals surface area contributed by atoms with Crippen molar-refractivity contribution in [1.82, 2.24) is 19.9 Å². The Morgan fingerprint density at radius 1 is 1.33 bits per heavy atom. The molecule has 2 unspecified atom stereocenters. The van der Waals surface area contributed by atoms with Crippen LogP contribution in [0.25, 0.3) is 0 Å². The molecule has 0 spiro atoms. The van der Waals surface area contributed by atoms with Gasteiger partial charge < -0.3 is 10.6 Å². The summed E-state index contributed by atoms with van der Waals surface area (Å²) in [5.41, 5.74) is 6.01. The number of nitrogens with zero attached hydrogens (tertiary/aromatic N) is 4. The monoisotopic (exact) mass is 249 g/mol. The third-order valence-electron chi connectivity index (χ3n) is 4.08. The van der Waals surface area contributed by atoms with Gasteiger partial charge in [0.25, 0.3) is 0 Å². The Hall–Kier alpha value is -1.43. The van der Waals surface area contributed by atoms with Gasteiger partial charge >= 0.3 is 0 Å². The molecule has 0 radical (unpaired) electrons. The first-order valence-corrected chi connectivity index (χ1v) is 6.65. The molecule has 2 fully saturated rings. The predicted molar refractivity (Wildman–Crippen MR) is 65.5 cm³/mol. The molecule has 2 aliphatic heterocycles. The number of fused-ring (bicyclic) bond motifs is 2. The lowest BCUT2D eigenvalue weighted by molar-refractivity contribution is -0.136. The molecule has 2 atom stereocenters. The van der Waals surface area contributed by atoms with Crippen LogP contribution in [0.5, 0.6) is 0 Å². The Labute approximate surface area is 106 Å². The van der Waals surface area contributed by atoms with Crippen LogP contribution < -0.4 is 5.73 Å². The Morgan fingerprint density at radius 2 is 2.06 bits per heavy atom. The summed E-state index contributed by atoms with van der Waals surface area (Å²) in [6, 6.07) is 1.03. The lowest BCUT2D eigenvalue weighted by Crippen LogP contribution is -2.50. The van der Waals surface area contributed by atoms with E-state index in [1.165, 1.54) is 0 Å². The van der Waals surface area contributed by atoms with Crippen LogP contribution in [-0.4, -0.2) is 43.9 Å². The fourth-order valence-corrected chi connectivity index (χ4v) is 3.32. The van der Waals surface area contributed by atoms with Gasteiger partial charge in [-0.15, -0.1) is 5.10 Å². The summed E-state index contributed by atoms with van der Waals surface area (Å²) in [4.78, 5) is 14.4. The van der Waals surface area contributed by atoms with Gasteiger partial charge in [0.2, 0.25) is 5.91 Å². The maximum Gasteiger partial charge on any atom is 0.224 e. The highest BCUT2D eigenvalue weighted by atomic mass is 16.2. The molecule has 2 bridgehead atoms. The van der Waals surface area contributed by atoms with Crippen LogP contribution in [0.2, 0.25) is 0 Å².